The first-order valence-electron chi connectivity index (χ1n) is 5.58. The molecule has 1 saturated heterocycles. The van der Waals surface area contributed by atoms with Crippen molar-refractivity contribution >= 4 is 5.91 Å². The van der Waals surface area contributed by atoms with Crippen LogP contribution in [-0.4, -0.2) is 49.4 Å². The van der Waals surface area contributed by atoms with E-state index in [-0.39, 0.29) is 11.8 Å². The average Bonchev–Trinajstić information content (AvgIpc) is 2.17. The highest BCUT2D eigenvalue weighted by Crippen LogP contribution is 2.19. The molecule has 86 valence electrons. The van der Waals surface area contributed by atoms with E-state index in [1.54, 1.807) is 4.90 Å². The van der Waals surface area contributed by atoms with Crippen LogP contribution in [0.2, 0.25) is 0 Å². The van der Waals surface area contributed by atoms with Crippen LogP contribution in [-0.2, 0) is 4.79 Å². The van der Waals surface area contributed by atoms with Crippen molar-refractivity contribution in [1.82, 2.24) is 9.80 Å². The van der Waals surface area contributed by atoms with E-state index in [1.807, 2.05) is 14.1 Å². The van der Waals surface area contributed by atoms with Gasteiger partial charge in [0.2, 0.25) is 5.91 Å². The number of rotatable bonds is 3. The molecule has 3 heteroatoms. The minimum atomic E-state index is 0.237. The molecule has 0 aromatic carbocycles. The van der Waals surface area contributed by atoms with Crippen molar-refractivity contribution in [3.63, 3.8) is 0 Å². The number of likely N-dealkylation sites (tertiary alicyclic amines) is 1. The van der Waals surface area contributed by atoms with Gasteiger partial charge in [0.15, 0.2) is 0 Å². The largest absolute Gasteiger partial charge is 0.349 e. The quantitative estimate of drug-likeness (QED) is 0.657. The predicted octanol–water partition coefficient (Wildman–Crippen LogP) is 1.36. The summed E-state index contributed by atoms with van der Waals surface area (Å²) in [7, 11) is 3.67. The van der Waals surface area contributed by atoms with E-state index in [4.69, 9.17) is 0 Å². The maximum Gasteiger partial charge on any atom is 0.225 e. The first kappa shape index (κ1) is 12.2. The Morgan fingerprint density at radius 2 is 1.93 bits per heavy atom. The van der Waals surface area contributed by atoms with E-state index in [9.17, 15) is 4.79 Å². The Balaban J connectivity index is 2.35. The summed E-state index contributed by atoms with van der Waals surface area (Å²) in [6.07, 6.45) is 1.98. The maximum absolute atomic E-state index is 11.7. The molecular weight excluding hydrogens is 188 g/mol. The Morgan fingerprint density at radius 3 is 2.33 bits per heavy atom. The smallest absolute Gasteiger partial charge is 0.225 e. The summed E-state index contributed by atoms with van der Waals surface area (Å²) in [5.74, 6) is 0.520. The van der Waals surface area contributed by atoms with Gasteiger partial charge in [-0.05, 0) is 32.9 Å². The van der Waals surface area contributed by atoms with Crippen molar-refractivity contribution < 1.29 is 4.79 Å². The summed E-state index contributed by atoms with van der Waals surface area (Å²) in [4.78, 5) is 15.8. The molecule has 0 spiro atoms. The lowest BCUT2D eigenvalue weighted by Gasteiger charge is -2.32. The molecule has 0 aliphatic carbocycles. The Labute approximate surface area is 92.7 Å². The highest BCUT2D eigenvalue weighted by molar-refractivity contribution is 5.78. The fraction of sp³-hybridized carbons (Fsp3) is 0.750. The van der Waals surface area contributed by atoms with E-state index >= 15 is 0 Å². The number of piperidine rings is 1. The molecule has 1 rings (SSSR count). The second-order valence-electron chi connectivity index (χ2n) is 4.74. The number of hydrogen-bond donors (Lipinski definition) is 0. The van der Waals surface area contributed by atoms with Crippen LogP contribution in [0.25, 0.3) is 0 Å². The first-order valence-corrected chi connectivity index (χ1v) is 5.58. The number of hydrogen-bond acceptors (Lipinski definition) is 2. The molecule has 1 aliphatic heterocycles. The molecule has 0 atom stereocenters. The lowest BCUT2D eigenvalue weighted by Crippen LogP contribution is -2.40. The highest BCUT2D eigenvalue weighted by atomic mass is 16.2. The summed E-state index contributed by atoms with van der Waals surface area (Å²) in [5, 5.41) is 0. The van der Waals surface area contributed by atoms with Crippen molar-refractivity contribution in [1.29, 1.82) is 0 Å². The summed E-state index contributed by atoms with van der Waals surface area (Å²) < 4.78 is 0. The summed E-state index contributed by atoms with van der Waals surface area (Å²) in [6, 6.07) is 0. The Kier molecular flexibility index (Phi) is 4.33. The van der Waals surface area contributed by atoms with Crippen molar-refractivity contribution in [3.05, 3.63) is 12.2 Å². The molecule has 0 unspecified atom stereocenters. The third-order valence-corrected chi connectivity index (χ3v) is 2.87. The van der Waals surface area contributed by atoms with Gasteiger partial charge in [0.1, 0.15) is 0 Å². The van der Waals surface area contributed by atoms with Crippen LogP contribution in [0.15, 0.2) is 12.2 Å². The van der Waals surface area contributed by atoms with Gasteiger partial charge in [0.25, 0.3) is 0 Å². The molecule has 1 fully saturated rings. The van der Waals surface area contributed by atoms with Gasteiger partial charge in [-0.15, -0.1) is 0 Å². The third-order valence-electron chi connectivity index (χ3n) is 2.87. The van der Waals surface area contributed by atoms with Crippen LogP contribution in [0.4, 0.5) is 0 Å². The molecule has 15 heavy (non-hydrogen) atoms. The SMILES string of the molecule is C=C(C)CN1CCC(C(=O)N(C)C)CC1. The number of nitrogens with zero attached hydrogens (tertiary/aromatic N) is 2. The van der Waals surface area contributed by atoms with Gasteiger partial charge < -0.3 is 4.90 Å². The topological polar surface area (TPSA) is 23.6 Å². The molecule has 3 nitrogen and oxygen atoms in total. The van der Waals surface area contributed by atoms with Gasteiger partial charge in [0.05, 0.1) is 0 Å². The van der Waals surface area contributed by atoms with Crippen LogP contribution in [0.3, 0.4) is 0 Å². The number of amides is 1. The standard InChI is InChI=1S/C12H22N2O/c1-10(2)9-14-7-5-11(6-8-14)12(15)13(3)4/h11H,1,5-9H2,2-4H3. The van der Waals surface area contributed by atoms with Crippen molar-refractivity contribution in [2.75, 3.05) is 33.7 Å². The molecular formula is C12H22N2O. The second-order valence-corrected chi connectivity index (χ2v) is 4.74. The fourth-order valence-electron chi connectivity index (χ4n) is 2.08. The summed E-state index contributed by atoms with van der Waals surface area (Å²) in [6.45, 7) is 8.99. The zero-order valence-electron chi connectivity index (χ0n) is 10.1. The van der Waals surface area contributed by atoms with E-state index in [0.29, 0.717) is 0 Å². The van der Waals surface area contributed by atoms with Gasteiger partial charge in [-0.1, -0.05) is 12.2 Å². The molecule has 1 aliphatic rings. The minimum absolute atomic E-state index is 0.237. The van der Waals surface area contributed by atoms with Crippen LogP contribution < -0.4 is 0 Å². The Hall–Kier alpha value is -0.830. The highest BCUT2D eigenvalue weighted by Gasteiger charge is 2.25. The molecule has 1 heterocycles. The Morgan fingerprint density at radius 1 is 1.40 bits per heavy atom. The van der Waals surface area contributed by atoms with Crippen LogP contribution in [0.5, 0.6) is 0 Å². The lowest BCUT2D eigenvalue weighted by atomic mass is 9.95. The van der Waals surface area contributed by atoms with E-state index in [2.05, 4.69) is 18.4 Å². The van der Waals surface area contributed by atoms with Crippen molar-refractivity contribution in [2.24, 2.45) is 5.92 Å². The number of carbonyl (C=O) groups excluding carboxylic acids is 1. The van der Waals surface area contributed by atoms with Crippen molar-refractivity contribution in [3.8, 4) is 0 Å². The van der Waals surface area contributed by atoms with Gasteiger partial charge >= 0.3 is 0 Å². The maximum atomic E-state index is 11.7. The van der Waals surface area contributed by atoms with E-state index in [1.165, 1.54) is 5.57 Å². The van der Waals surface area contributed by atoms with Crippen LogP contribution in [0.1, 0.15) is 19.8 Å². The zero-order chi connectivity index (χ0) is 11.4. The molecule has 0 saturated carbocycles. The van der Waals surface area contributed by atoms with Crippen LogP contribution in [0, 0.1) is 5.92 Å². The van der Waals surface area contributed by atoms with E-state index in [0.717, 1.165) is 32.5 Å². The molecule has 1 amide bonds. The third kappa shape index (κ3) is 3.67. The van der Waals surface area contributed by atoms with Crippen LogP contribution >= 0.6 is 0 Å². The molecule has 0 aromatic heterocycles. The Bertz CT molecular complexity index is 240. The monoisotopic (exact) mass is 210 g/mol. The predicted molar refractivity (Wildman–Crippen MR) is 62.7 cm³/mol. The van der Waals surface area contributed by atoms with Crippen molar-refractivity contribution in [2.45, 2.75) is 19.8 Å². The number of carbonyl (C=O) groups is 1. The molecule has 0 N–H and O–H groups in total. The fourth-order valence-corrected chi connectivity index (χ4v) is 2.08. The summed E-state index contributed by atoms with van der Waals surface area (Å²) in [5.41, 5.74) is 1.20. The minimum Gasteiger partial charge on any atom is -0.349 e. The normalized spacial score (nSPS) is 18.9. The van der Waals surface area contributed by atoms with Gasteiger partial charge in [-0.2, -0.15) is 0 Å². The first-order chi connectivity index (χ1) is 7.00. The lowest BCUT2D eigenvalue weighted by molar-refractivity contribution is -0.134. The molecule has 0 bridgehead atoms. The van der Waals surface area contributed by atoms with Gasteiger partial charge in [-0.25, -0.2) is 0 Å². The van der Waals surface area contributed by atoms with E-state index < -0.39 is 0 Å². The van der Waals surface area contributed by atoms with Gasteiger partial charge in [-0.3, -0.25) is 9.69 Å². The van der Waals surface area contributed by atoms with Gasteiger partial charge in [0, 0.05) is 26.6 Å². The molecule has 0 aromatic rings. The molecule has 0 radical (unpaired) electrons. The average molecular weight is 210 g/mol. The zero-order valence-corrected chi connectivity index (χ0v) is 10.1. The summed E-state index contributed by atoms with van der Waals surface area (Å²) >= 11 is 0. The second kappa shape index (κ2) is 5.31.